The fourth-order valence-corrected chi connectivity index (χ4v) is 4.55. The number of nitrogens with one attached hydrogen (secondary N) is 2. The molecule has 3 aromatic rings. The predicted octanol–water partition coefficient (Wildman–Crippen LogP) is 3.18. The number of fused-ring (bicyclic) bond motifs is 1. The first kappa shape index (κ1) is 20.7. The summed E-state index contributed by atoms with van der Waals surface area (Å²) in [6.07, 6.45) is -1.07. The summed E-state index contributed by atoms with van der Waals surface area (Å²) in [4.78, 5) is 59.9. The van der Waals surface area contributed by atoms with Gasteiger partial charge in [0, 0.05) is 11.3 Å². The zero-order valence-electron chi connectivity index (χ0n) is 17.0. The number of H-pyrrole nitrogens is 2. The minimum atomic E-state index is -1.07. The number of aromatic amines is 2. The fraction of sp³-hybridized carbons (Fsp3) is 0.350. The molecule has 152 valence electrons. The van der Waals surface area contributed by atoms with E-state index in [0.29, 0.717) is 38.4 Å². The zero-order chi connectivity index (χ0) is 21.6. The predicted molar refractivity (Wildman–Crippen MR) is 109 cm³/mol. The van der Waals surface area contributed by atoms with Gasteiger partial charge in [-0.25, -0.2) is 9.78 Å². The molecule has 0 aliphatic heterocycles. The molecule has 9 heteroatoms. The van der Waals surface area contributed by atoms with Crippen LogP contribution in [0.15, 0.2) is 4.79 Å². The lowest BCUT2D eigenvalue weighted by molar-refractivity contribution is 0.0321. The van der Waals surface area contributed by atoms with Crippen LogP contribution >= 0.6 is 11.3 Å². The van der Waals surface area contributed by atoms with E-state index in [9.17, 15) is 19.2 Å². The molecular weight excluding hydrogens is 394 g/mol. The second-order valence-electron chi connectivity index (χ2n) is 6.98. The molecule has 3 rings (SSSR count). The van der Waals surface area contributed by atoms with Crippen LogP contribution in [0.25, 0.3) is 10.2 Å². The van der Waals surface area contributed by atoms with Gasteiger partial charge in [0.15, 0.2) is 11.9 Å². The normalized spacial score (nSPS) is 12.2. The Kier molecular flexibility index (Phi) is 5.27. The van der Waals surface area contributed by atoms with Crippen LogP contribution in [0, 0.1) is 27.7 Å². The van der Waals surface area contributed by atoms with E-state index in [0.717, 1.165) is 11.3 Å². The Bertz CT molecular complexity index is 1230. The van der Waals surface area contributed by atoms with Gasteiger partial charge in [0.25, 0.3) is 5.56 Å². The number of rotatable bonds is 5. The van der Waals surface area contributed by atoms with E-state index in [1.54, 1.807) is 27.7 Å². The van der Waals surface area contributed by atoms with Crippen molar-refractivity contribution < 1.29 is 19.1 Å². The molecule has 0 aliphatic rings. The van der Waals surface area contributed by atoms with Crippen LogP contribution in [-0.4, -0.2) is 38.6 Å². The average Bonchev–Trinajstić information content (AvgIpc) is 3.10. The number of ketones is 2. The topological polar surface area (TPSA) is 122 Å². The number of carbonyl (C=O) groups excluding carboxylic acids is 3. The van der Waals surface area contributed by atoms with Crippen molar-refractivity contribution in [3.63, 3.8) is 0 Å². The van der Waals surface area contributed by atoms with Gasteiger partial charge in [-0.3, -0.25) is 14.4 Å². The number of ether oxygens (including phenoxy) is 1. The van der Waals surface area contributed by atoms with Gasteiger partial charge in [0.05, 0.1) is 11.1 Å². The third-order valence-electron chi connectivity index (χ3n) is 4.79. The van der Waals surface area contributed by atoms with Crippen molar-refractivity contribution in [2.45, 2.75) is 47.6 Å². The van der Waals surface area contributed by atoms with Gasteiger partial charge < -0.3 is 14.7 Å². The number of aromatic nitrogens is 3. The van der Waals surface area contributed by atoms with Gasteiger partial charge in [-0.05, 0) is 52.7 Å². The van der Waals surface area contributed by atoms with E-state index in [4.69, 9.17) is 4.74 Å². The molecule has 3 aromatic heterocycles. The van der Waals surface area contributed by atoms with Crippen LogP contribution in [0.1, 0.15) is 67.0 Å². The van der Waals surface area contributed by atoms with Crippen molar-refractivity contribution in [3.05, 3.63) is 49.1 Å². The van der Waals surface area contributed by atoms with Gasteiger partial charge in [0.2, 0.25) is 5.78 Å². The number of hydrogen-bond acceptors (Lipinski definition) is 7. The van der Waals surface area contributed by atoms with Crippen LogP contribution in [0.5, 0.6) is 0 Å². The lowest BCUT2D eigenvalue weighted by Gasteiger charge is -2.12. The summed E-state index contributed by atoms with van der Waals surface area (Å²) in [6.45, 7) is 9.60. The van der Waals surface area contributed by atoms with Gasteiger partial charge in [-0.2, -0.15) is 0 Å². The van der Waals surface area contributed by atoms with Crippen molar-refractivity contribution >= 4 is 39.1 Å². The van der Waals surface area contributed by atoms with E-state index in [1.807, 2.05) is 0 Å². The van der Waals surface area contributed by atoms with Crippen LogP contribution in [-0.2, 0) is 4.74 Å². The first-order chi connectivity index (χ1) is 13.5. The minimum Gasteiger partial charge on any atom is -0.450 e. The highest BCUT2D eigenvalue weighted by Crippen LogP contribution is 2.28. The number of Topliss-reactive ketones (excluding diaryl/α,β-unsaturated/α-hetero) is 2. The Morgan fingerprint density at radius 2 is 1.72 bits per heavy atom. The number of aryl methyl sites for hydroxylation is 3. The number of esters is 1. The van der Waals surface area contributed by atoms with Crippen molar-refractivity contribution in [2.75, 3.05) is 0 Å². The Balaban J connectivity index is 1.89. The lowest BCUT2D eigenvalue weighted by atomic mass is 10.0. The summed E-state index contributed by atoms with van der Waals surface area (Å²) in [6, 6.07) is 0. The smallest absolute Gasteiger partial charge is 0.349 e. The maximum atomic E-state index is 12.8. The summed E-state index contributed by atoms with van der Waals surface area (Å²) < 4.78 is 5.37. The van der Waals surface area contributed by atoms with Gasteiger partial charge >= 0.3 is 5.97 Å². The highest BCUT2D eigenvalue weighted by molar-refractivity contribution is 7.20. The second-order valence-corrected chi connectivity index (χ2v) is 7.98. The molecule has 1 atom stereocenters. The molecule has 0 aromatic carbocycles. The summed E-state index contributed by atoms with van der Waals surface area (Å²) >= 11 is 1.05. The molecule has 3 heterocycles. The molecule has 0 bridgehead atoms. The number of carbonyl (C=O) groups is 3. The van der Waals surface area contributed by atoms with Crippen LogP contribution in [0.3, 0.4) is 0 Å². The molecule has 8 nitrogen and oxygen atoms in total. The molecule has 0 aliphatic carbocycles. The van der Waals surface area contributed by atoms with Gasteiger partial charge in [0.1, 0.15) is 15.5 Å². The van der Waals surface area contributed by atoms with Crippen molar-refractivity contribution in [3.8, 4) is 0 Å². The molecule has 0 unspecified atom stereocenters. The minimum absolute atomic E-state index is 0.145. The zero-order valence-corrected chi connectivity index (χ0v) is 17.8. The van der Waals surface area contributed by atoms with Crippen molar-refractivity contribution in [1.29, 1.82) is 0 Å². The number of nitrogens with zero attached hydrogens (tertiary/aromatic N) is 1. The maximum Gasteiger partial charge on any atom is 0.349 e. The highest BCUT2D eigenvalue weighted by Gasteiger charge is 2.28. The van der Waals surface area contributed by atoms with E-state index in [-0.39, 0.29) is 21.9 Å². The first-order valence-electron chi connectivity index (χ1n) is 8.98. The molecule has 0 radical (unpaired) electrons. The van der Waals surface area contributed by atoms with Crippen LogP contribution in [0.4, 0.5) is 0 Å². The molecular formula is C20H21N3O5S. The van der Waals surface area contributed by atoms with Crippen molar-refractivity contribution in [2.24, 2.45) is 0 Å². The third kappa shape index (κ3) is 3.53. The van der Waals surface area contributed by atoms with E-state index in [1.165, 1.54) is 13.8 Å². The molecule has 0 spiro atoms. The molecule has 29 heavy (non-hydrogen) atoms. The summed E-state index contributed by atoms with van der Waals surface area (Å²) in [5.74, 6) is -0.826. The van der Waals surface area contributed by atoms with Gasteiger partial charge in [-0.15, -0.1) is 11.3 Å². The SMILES string of the molecule is CC(=O)c1c(C)[nH]c(C(=O)[C@H](C)OC(=O)c2sc3nc(C)[nH]c(=O)c3c2C)c1C. The number of hydrogen-bond donors (Lipinski definition) is 2. The fourth-order valence-electron chi connectivity index (χ4n) is 3.44. The molecule has 0 saturated carbocycles. The Hall–Kier alpha value is -3.07. The highest BCUT2D eigenvalue weighted by atomic mass is 32.1. The van der Waals surface area contributed by atoms with E-state index < -0.39 is 17.9 Å². The van der Waals surface area contributed by atoms with Crippen LogP contribution < -0.4 is 5.56 Å². The summed E-state index contributed by atoms with van der Waals surface area (Å²) in [5.41, 5.74) is 1.99. The monoisotopic (exact) mass is 415 g/mol. The molecule has 0 amide bonds. The molecule has 0 saturated heterocycles. The first-order valence-corrected chi connectivity index (χ1v) is 9.79. The lowest BCUT2D eigenvalue weighted by Crippen LogP contribution is -2.25. The standard InChI is InChI=1S/C20H21N3O5S/c1-7-13(10(4)24)9(3)21-15(7)16(25)11(5)28-20(27)17-8(2)14-18(26)22-12(6)23-19(14)29-17/h11,21H,1-6H3,(H,22,23,26)/t11-/m0/s1. The largest absolute Gasteiger partial charge is 0.450 e. The maximum absolute atomic E-state index is 12.8. The Morgan fingerprint density at radius 1 is 1.07 bits per heavy atom. The molecule has 2 N–H and O–H groups in total. The average molecular weight is 415 g/mol. The summed E-state index contributed by atoms with van der Waals surface area (Å²) in [5, 5.41) is 0.341. The van der Waals surface area contributed by atoms with E-state index >= 15 is 0 Å². The quantitative estimate of drug-likeness (QED) is 0.487. The summed E-state index contributed by atoms with van der Waals surface area (Å²) in [7, 11) is 0. The second kappa shape index (κ2) is 7.40. The van der Waals surface area contributed by atoms with Crippen LogP contribution in [0.2, 0.25) is 0 Å². The Morgan fingerprint density at radius 3 is 2.31 bits per heavy atom. The van der Waals surface area contributed by atoms with Crippen molar-refractivity contribution in [1.82, 2.24) is 15.0 Å². The Labute approximate surface area is 170 Å². The van der Waals surface area contributed by atoms with E-state index in [2.05, 4.69) is 15.0 Å². The number of thiophene rings is 1. The third-order valence-corrected chi connectivity index (χ3v) is 5.96. The molecule has 0 fully saturated rings. The van der Waals surface area contributed by atoms with Gasteiger partial charge in [-0.1, -0.05) is 0 Å².